The Labute approximate surface area is 142 Å². The van der Waals surface area contributed by atoms with Gasteiger partial charge in [0, 0.05) is 12.1 Å². The van der Waals surface area contributed by atoms with E-state index in [1.54, 1.807) is 31.2 Å². The van der Waals surface area contributed by atoms with Gasteiger partial charge in [-0.05, 0) is 18.6 Å². The third-order valence-corrected chi connectivity index (χ3v) is 3.31. The highest BCUT2D eigenvalue weighted by molar-refractivity contribution is 6.32. The smallest absolute Gasteiger partial charge is 0.275 e. The van der Waals surface area contributed by atoms with Crippen LogP contribution < -0.4 is 10.1 Å². The summed E-state index contributed by atoms with van der Waals surface area (Å²) in [6, 6.07) is 10.7. The quantitative estimate of drug-likeness (QED) is 0.645. The maximum atomic E-state index is 11.5. The fraction of sp³-hybridized carbons (Fsp3) is 0.125. The van der Waals surface area contributed by atoms with E-state index in [0.29, 0.717) is 10.8 Å². The first-order valence-corrected chi connectivity index (χ1v) is 7.17. The van der Waals surface area contributed by atoms with Crippen LogP contribution in [0.5, 0.6) is 11.5 Å². The van der Waals surface area contributed by atoms with Crippen LogP contribution in [0, 0.1) is 28.4 Å². The van der Waals surface area contributed by atoms with E-state index in [1.807, 2.05) is 0 Å². The Balaban J connectivity index is 2.39. The molecule has 0 saturated heterocycles. The molecule has 2 rings (SSSR count). The number of anilines is 1. The van der Waals surface area contributed by atoms with Gasteiger partial charge in [0.25, 0.3) is 5.69 Å². The van der Waals surface area contributed by atoms with E-state index in [4.69, 9.17) is 21.6 Å². The highest BCUT2D eigenvalue weighted by Crippen LogP contribution is 2.35. The minimum atomic E-state index is -0.605. The van der Waals surface area contributed by atoms with Crippen LogP contribution in [0.4, 0.5) is 11.4 Å². The minimum Gasteiger partial charge on any atom is -0.455 e. The molecule has 1 N–H and O–H groups in total. The number of hydrogen-bond acceptors (Lipinski definition) is 5. The molecule has 2 aromatic carbocycles. The first kappa shape index (κ1) is 17.2. The van der Waals surface area contributed by atoms with Crippen molar-refractivity contribution >= 4 is 28.9 Å². The summed E-state index contributed by atoms with van der Waals surface area (Å²) in [6.07, 6.45) is -0.359. The first-order chi connectivity index (χ1) is 11.4. The zero-order valence-corrected chi connectivity index (χ0v) is 13.3. The number of carbonyl (C=O) groups excluding carboxylic acids is 1. The van der Waals surface area contributed by atoms with Crippen LogP contribution in [-0.2, 0) is 4.79 Å². The average molecular weight is 346 g/mol. The number of hydrogen-bond donors (Lipinski definition) is 1. The lowest BCUT2D eigenvalue weighted by molar-refractivity contribution is -0.384. The maximum Gasteiger partial charge on any atom is 0.275 e. The van der Waals surface area contributed by atoms with Crippen molar-refractivity contribution < 1.29 is 14.5 Å². The number of rotatable bonds is 5. The Hall–Kier alpha value is -3.11. The molecular formula is C16H12ClN3O4. The second-order valence-corrected chi connectivity index (χ2v) is 5.25. The molecule has 0 aliphatic heterocycles. The lowest BCUT2D eigenvalue weighted by atomic mass is 10.2. The fourth-order valence-corrected chi connectivity index (χ4v) is 2.22. The van der Waals surface area contributed by atoms with Gasteiger partial charge < -0.3 is 10.1 Å². The monoisotopic (exact) mass is 345 g/mol. The molecular weight excluding hydrogens is 334 g/mol. The molecule has 0 saturated carbocycles. The predicted molar refractivity (Wildman–Crippen MR) is 88.2 cm³/mol. The summed E-state index contributed by atoms with van der Waals surface area (Å²) in [5.74, 6) is -0.0560. The van der Waals surface area contributed by atoms with Gasteiger partial charge in [0.15, 0.2) is 0 Å². The van der Waals surface area contributed by atoms with Crippen LogP contribution in [0.2, 0.25) is 5.02 Å². The summed E-state index contributed by atoms with van der Waals surface area (Å²) in [6.45, 7) is 1.79. The highest BCUT2D eigenvalue weighted by Gasteiger charge is 2.14. The number of nitriles is 1. The number of amides is 1. The van der Waals surface area contributed by atoms with Crippen molar-refractivity contribution in [3.05, 3.63) is 57.1 Å². The fourth-order valence-electron chi connectivity index (χ4n) is 1.96. The van der Waals surface area contributed by atoms with Crippen molar-refractivity contribution in [1.29, 1.82) is 5.26 Å². The molecule has 0 unspecified atom stereocenters. The van der Waals surface area contributed by atoms with E-state index in [0.717, 1.165) is 5.56 Å². The van der Waals surface area contributed by atoms with E-state index < -0.39 is 10.8 Å². The van der Waals surface area contributed by atoms with Crippen molar-refractivity contribution in [2.24, 2.45) is 0 Å². The SMILES string of the molecule is Cc1cccc(Cl)c1Oc1cc(NC(=O)CC#N)cc([N+](=O)[O-])c1. The summed E-state index contributed by atoms with van der Waals surface area (Å²) in [4.78, 5) is 22.0. The van der Waals surface area contributed by atoms with Crippen molar-refractivity contribution in [1.82, 2.24) is 0 Å². The van der Waals surface area contributed by atoms with Crippen LogP contribution in [-0.4, -0.2) is 10.8 Å². The molecule has 0 atom stereocenters. The number of nitro benzene ring substituents is 1. The molecule has 0 aromatic heterocycles. The molecule has 2 aromatic rings. The zero-order chi connectivity index (χ0) is 17.7. The third kappa shape index (κ3) is 4.21. The molecule has 0 spiro atoms. The number of halogens is 1. The van der Waals surface area contributed by atoms with E-state index in [2.05, 4.69) is 5.32 Å². The van der Waals surface area contributed by atoms with Crippen LogP contribution >= 0.6 is 11.6 Å². The Morgan fingerprint density at radius 1 is 1.42 bits per heavy atom. The Bertz CT molecular complexity index is 825. The zero-order valence-electron chi connectivity index (χ0n) is 12.6. The predicted octanol–water partition coefficient (Wildman–Crippen LogP) is 4.20. The largest absolute Gasteiger partial charge is 0.455 e. The molecule has 1 amide bonds. The number of nitrogens with one attached hydrogen (secondary N) is 1. The van der Waals surface area contributed by atoms with Crippen molar-refractivity contribution in [3.8, 4) is 17.6 Å². The van der Waals surface area contributed by atoms with Gasteiger partial charge in [0.05, 0.1) is 27.8 Å². The summed E-state index contributed by atoms with van der Waals surface area (Å²) in [7, 11) is 0. The second kappa shape index (κ2) is 7.44. The molecule has 7 nitrogen and oxygen atoms in total. The number of non-ortho nitro benzene ring substituents is 1. The van der Waals surface area contributed by atoms with E-state index in [1.165, 1.54) is 18.2 Å². The van der Waals surface area contributed by atoms with Gasteiger partial charge in [-0.2, -0.15) is 5.26 Å². The molecule has 0 aliphatic carbocycles. The Morgan fingerprint density at radius 2 is 2.17 bits per heavy atom. The summed E-state index contributed by atoms with van der Waals surface area (Å²) in [5, 5.41) is 22.3. The van der Waals surface area contributed by atoms with Gasteiger partial charge in [-0.25, -0.2) is 0 Å². The van der Waals surface area contributed by atoms with Crippen LogP contribution in [0.25, 0.3) is 0 Å². The lowest BCUT2D eigenvalue weighted by Gasteiger charge is -2.12. The van der Waals surface area contributed by atoms with Crippen LogP contribution in [0.15, 0.2) is 36.4 Å². The normalized spacial score (nSPS) is 9.88. The number of nitro groups is 1. The number of para-hydroxylation sites is 1. The Kier molecular flexibility index (Phi) is 5.35. The highest BCUT2D eigenvalue weighted by atomic mass is 35.5. The van der Waals surface area contributed by atoms with E-state index in [-0.39, 0.29) is 23.5 Å². The lowest BCUT2D eigenvalue weighted by Crippen LogP contribution is -2.10. The summed E-state index contributed by atoms with van der Waals surface area (Å²) < 4.78 is 5.66. The first-order valence-electron chi connectivity index (χ1n) is 6.80. The van der Waals surface area contributed by atoms with Crippen LogP contribution in [0.3, 0.4) is 0 Å². The van der Waals surface area contributed by atoms with Gasteiger partial charge in [-0.1, -0.05) is 23.7 Å². The molecule has 0 radical (unpaired) electrons. The van der Waals surface area contributed by atoms with E-state index in [9.17, 15) is 14.9 Å². The van der Waals surface area contributed by atoms with E-state index >= 15 is 0 Å². The Morgan fingerprint density at radius 3 is 2.79 bits per heavy atom. The molecule has 0 bridgehead atoms. The standard InChI is InChI=1S/C16H12ClN3O4/c1-10-3-2-4-14(17)16(10)24-13-8-11(19-15(21)5-6-18)7-12(9-13)20(22)23/h2-4,7-9H,5H2,1H3,(H,19,21). The molecule has 24 heavy (non-hydrogen) atoms. The number of benzene rings is 2. The average Bonchev–Trinajstić information content (AvgIpc) is 2.51. The van der Waals surface area contributed by atoms with Crippen molar-refractivity contribution in [3.63, 3.8) is 0 Å². The topological polar surface area (TPSA) is 105 Å². The number of aryl methyl sites for hydroxylation is 1. The summed E-state index contributed by atoms with van der Waals surface area (Å²) in [5.41, 5.74) is 0.651. The maximum absolute atomic E-state index is 11.5. The molecule has 0 heterocycles. The minimum absolute atomic E-state index is 0.146. The number of ether oxygens (including phenoxy) is 1. The summed E-state index contributed by atoms with van der Waals surface area (Å²) >= 11 is 6.08. The third-order valence-electron chi connectivity index (χ3n) is 3.01. The number of carbonyl (C=O) groups is 1. The molecule has 8 heteroatoms. The molecule has 122 valence electrons. The van der Waals surface area contributed by atoms with Crippen molar-refractivity contribution in [2.75, 3.05) is 5.32 Å². The van der Waals surface area contributed by atoms with Gasteiger partial charge in [-0.15, -0.1) is 0 Å². The van der Waals surface area contributed by atoms with Crippen molar-refractivity contribution in [2.45, 2.75) is 13.3 Å². The molecule has 0 aliphatic rings. The number of nitrogens with zero attached hydrogens (tertiary/aromatic N) is 2. The van der Waals surface area contributed by atoms with Gasteiger partial charge in [0.2, 0.25) is 5.91 Å². The van der Waals surface area contributed by atoms with Gasteiger partial charge in [0.1, 0.15) is 17.9 Å². The van der Waals surface area contributed by atoms with Gasteiger partial charge in [-0.3, -0.25) is 14.9 Å². The van der Waals surface area contributed by atoms with Gasteiger partial charge >= 0.3 is 0 Å². The molecule has 0 fully saturated rings. The van der Waals surface area contributed by atoms with Crippen LogP contribution in [0.1, 0.15) is 12.0 Å². The second-order valence-electron chi connectivity index (χ2n) is 4.84.